The van der Waals surface area contributed by atoms with E-state index in [0.717, 1.165) is 0 Å². The molecule has 3 heterocycles. The summed E-state index contributed by atoms with van der Waals surface area (Å²) in [6.07, 6.45) is 3.36. The molecular formula is C11H9ClN6. The molecule has 3 aromatic rings. The van der Waals surface area contributed by atoms with E-state index < -0.39 is 0 Å². The Balaban J connectivity index is 2.11. The zero-order chi connectivity index (χ0) is 12.5. The molecule has 0 saturated carbocycles. The SMILES string of the molecule is Cn1cnc2c(Nc3ccccn3)nc(Cl)nc21. The zero-order valence-corrected chi connectivity index (χ0v) is 10.3. The second kappa shape index (κ2) is 4.23. The van der Waals surface area contributed by atoms with Crippen molar-refractivity contribution in [3.63, 3.8) is 0 Å². The summed E-state index contributed by atoms with van der Waals surface area (Å²) in [6.45, 7) is 0. The first kappa shape index (κ1) is 10.9. The molecule has 0 spiro atoms. The van der Waals surface area contributed by atoms with Crippen molar-refractivity contribution < 1.29 is 0 Å². The third-order valence-electron chi connectivity index (χ3n) is 2.44. The van der Waals surface area contributed by atoms with E-state index in [9.17, 15) is 0 Å². The van der Waals surface area contributed by atoms with Gasteiger partial charge in [-0.2, -0.15) is 9.97 Å². The fraction of sp³-hybridized carbons (Fsp3) is 0.0909. The maximum atomic E-state index is 5.90. The highest BCUT2D eigenvalue weighted by Gasteiger charge is 2.11. The van der Waals surface area contributed by atoms with Gasteiger partial charge in [0.1, 0.15) is 5.82 Å². The predicted molar refractivity (Wildman–Crippen MR) is 68.8 cm³/mol. The van der Waals surface area contributed by atoms with Gasteiger partial charge in [-0.15, -0.1) is 0 Å². The van der Waals surface area contributed by atoms with Crippen molar-refractivity contribution >= 4 is 34.4 Å². The number of aromatic nitrogens is 5. The van der Waals surface area contributed by atoms with Crippen molar-refractivity contribution in [3.8, 4) is 0 Å². The third kappa shape index (κ3) is 1.86. The Morgan fingerprint density at radius 3 is 2.89 bits per heavy atom. The molecule has 3 aromatic heterocycles. The van der Waals surface area contributed by atoms with Crippen LogP contribution in [0.25, 0.3) is 11.2 Å². The van der Waals surface area contributed by atoms with Crippen LogP contribution >= 0.6 is 11.6 Å². The Morgan fingerprint density at radius 2 is 2.11 bits per heavy atom. The summed E-state index contributed by atoms with van der Waals surface area (Å²) in [7, 11) is 1.85. The van der Waals surface area contributed by atoms with Crippen LogP contribution in [0.1, 0.15) is 0 Å². The van der Waals surface area contributed by atoms with Gasteiger partial charge in [-0.05, 0) is 23.7 Å². The average molecular weight is 261 g/mol. The molecule has 7 heteroatoms. The van der Waals surface area contributed by atoms with E-state index in [-0.39, 0.29) is 5.28 Å². The Hall–Kier alpha value is -2.21. The number of fused-ring (bicyclic) bond motifs is 1. The Labute approximate surface area is 108 Å². The third-order valence-corrected chi connectivity index (χ3v) is 2.61. The van der Waals surface area contributed by atoms with Gasteiger partial charge in [0.25, 0.3) is 0 Å². The van der Waals surface area contributed by atoms with E-state index in [1.807, 2.05) is 25.2 Å². The van der Waals surface area contributed by atoms with Gasteiger partial charge < -0.3 is 9.88 Å². The number of hydrogen-bond acceptors (Lipinski definition) is 5. The second-order valence-electron chi connectivity index (χ2n) is 3.71. The van der Waals surface area contributed by atoms with Crippen LogP contribution in [0.4, 0.5) is 11.6 Å². The van der Waals surface area contributed by atoms with Crippen LogP contribution in [0.15, 0.2) is 30.7 Å². The number of rotatable bonds is 2. The maximum absolute atomic E-state index is 5.90. The summed E-state index contributed by atoms with van der Waals surface area (Å²) in [5.41, 5.74) is 1.33. The van der Waals surface area contributed by atoms with Crippen LogP contribution < -0.4 is 5.32 Å². The zero-order valence-electron chi connectivity index (χ0n) is 9.50. The lowest BCUT2D eigenvalue weighted by atomic mass is 10.4. The van der Waals surface area contributed by atoms with E-state index in [4.69, 9.17) is 11.6 Å². The molecule has 0 aromatic carbocycles. The first-order chi connectivity index (χ1) is 8.74. The summed E-state index contributed by atoms with van der Waals surface area (Å²) in [5, 5.41) is 3.25. The fourth-order valence-electron chi connectivity index (χ4n) is 1.63. The van der Waals surface area contributed by atoms with Crippen molar-refractivity contribution in [1.82, 2.24) is 24.5 Å². The summed E-state index contributed by atoms with van der Waals surface area (Å²) < 4.78 is 1.78. The largest absolute Gasteiger partial charge is 0.323 e. The van der Waals surface area contributed by atoms with Crippen LogP contribution in [0, 0.1) is 0 Å². The van der Waals surface area contributed by atoms with Crippen LogP contribution in [0.2, 0.25) is 5.28 Å². The van der Waals surface area contributed by atoms with Crippen molar-refractivity contribution in [2.24, 2.45) is 7.05 Å². The van der Waals surface area contributed by atoms with Gasteiger partial charge in [0.2, 0.25) is 5.28 Å². The van der Waals surface area contributed by atoms with Crippen molar-refractivity contribution in [1.29, 1.82) is 0 Å². The normalized spacial score (nSPS) is 10.8. The van der Waals surface area contributed by atoms with E-state index in [2.05, 4.69) is 25.3 Å². The molecule has 90 valence electrons. The highest BCUT2D eigenvalue weighted by molar-refractivity contribution is 6.28. The lowest BCUT2D eigenvalue weighted by Crippen LogP contribution is -1.99. The van der Waals surface area contributed by atoms with Crippen LogP contribution in [-0.4, -0.2) is 24.5 Å². The number of aryl methyl sites for hydroxylation is 1. The van der Waals surface area contributed by atoms with Gasteiger partial charge in [-0.1, -0.05) is 6.07 Å². The molecule has 0 aliphatic carbocycles. The lowest BCUT2D eigenvalue weighted by molar-refractivity contribution is 0.928. The monoisotopic (exact) mass is 260 g/mol. The maximum Gasteiger partial charge on any atom is 0.226 e. The molecular weight excluding hydrogens is 252 g/mol. The predicted octanol–water partition coefficient (Wildman–Crippen LogP) is 2.16. The first-order valence-electron chi connectivity index (χ1n) is 5.26. The number of imidazole rings is 1. The summed E-state index contributed by atoms with van der Waals surface area (Å²) in [6, 6.07) is 5.56. The summed E-state index contributed by atoms with van der Waals surface area (Å²) in [4.78, 5) is 16.7. The number of hydrogen-bond donors (Lipinski definition) is 1. The number of pyridine rings is 1. The molecule has 0 aliphatic heterocycles. The number of nitrogens with one attached hydrogen (secondary N) is 1. The van der Waals surface area contributed by atoms with Gasteiger partial charge in [-0.3, -0.25) is 0 Å². The lowest BCUT2D eigenvalue weighted by Gasteiger charge is -2.05. The topological polar surface area (TPSA) is 68.5 Å². The van der Waals surface area contributed by atoms with Gasteiger partial charge in [0.15, 0.2) is 17.0 Å². The molecule has 0 bridgehead atoms. The molecule has 18 heavy (non-hydrogen) atoms. The molecule has 0 atom stereocenters. The van der Waals surface area contributed by atoms with Crippen molar-refractivity contribution in [2.75, 3.05) is 5.32 Å². The van der Waals surface area contributed by atoms with Crippen LogP contribution in [0.5, 0.6) is 0 Å². The smallest absolute Gasteiger partial charge is 0.226 e. The molecule has 0 radical (unpaired) electrons. The van der Waals surface area contributed by atoms with Gasteiger partial charge >= 0.3 is 0 Å². The van der Waals surface area contributed by atoms with Gasteiger partial charge in [0.05, 0.1) is 6.33 Å². The minimum absolute atomic E-state index is 0.171. The molecule has 0 unspecified atom stereocenters. The molecule has 3 rings (SSSR count). The molecule has 0 saturated heterocycles. The minimum Gasteiger partial charge on any atom is -0.323 e. The molecule has 0 amide bonds. The van der Waals surface area contributed by atoms with Crippen molar-refractivity contribution in [3.05, 3.63) is 36.0 Å². The van der Waals surface area contributed by atoms with Crippen LogP contribution in [-0.2, 0) is 7.05 Å². The Kier molecular flexibility index (Phi) is 2.56. The number of nitrogens with zero attached hydrogens (tertiary/aromatic N) is 5. The van der Waals surface area contributed by atoms with Gasteiger partial charge in [-0.25, -0.2) is 9.97 Å². The molecule has 1 N–H and O–H groups in total. The minimum atomic E-state index is 0.171. The number of halogens is 1. The van der Waals surface area contributed by atoms with Gasteiger partial charge in [0, 0.05) is 13.2 Å². The van der Waals surface area contributed by atoms with E-state index in [0.29, 0.717) is 22.8 Å². The molecule has 0 aliphatic rings. The second-order valence-corrected chi connectivity index (χ2v) is 4.05. The Morgan fingerprint density at radius 1 is 1.22 bits per heavy atom. The first-order valence-corrected chi connectivity index (χ1v) is 5.64. The number of anilines is 2. The fourth-order valence-corrected chi connectivity index (χ4v) is 1.79. The van der Waals surface area contributed by atoms with Crippen LogP contribution in [0.3, 0.4) is 0 Å². The standard InChI is InChI=1S/C11H9ClN6/c1-18-6-14-8-9(16-11(12)17-10(8)18)15-7-4-2-3-5-13-7/h2-6H,1H3,(H,13,15,16,17). The van der Waals surface area contributed by atoms with E-state index in [1.165, 1.54) is 0 Å². The molecule has 6 nitrogen and oxygen atoms in total. The molecule has 0 fully saturated rings. The highest BCUT2D eigenvalue weighted by atomic mass is 35.5. The van der Waals surface area contributed by atoms with E-state index >= 15 is 0 Å². The van der Waals surface area contributed by atoms with Crippen molar-refractivity contribution in [2.45, 2.75) is 0 Å². The Bertz CT molecular complexity index is 693. The summed E-state index contributed by atoms with van der Waals surface area (Å²) >= 11 is 5.90. The summed E-state index contributed by atoms with van der Waals surface area (Å²) in [5.74, 6) is 1.23. The quantitative estimate of drug-likeness (QED) is 0.715. The highest BCUT2D eigenvalue weighted by Crippen LogP contribution is 2.22. The van der Waals surface area contributed by atoms with E-state index in [1.54, 1.807) is 17.1 Å². The average Bonchev–Trinajstić information content (AvgIpc) is 2.73.